The van der Waals surface area contributed by atoms with Crippen LogP contribution in [0.1, 0.15) is 47.5 Å². The second kappa shape index (κ2) is 6.55. The summed E-state index contributed by atoms with van der Waals surface area (Å²) >= 11 is 1.89. The molecule has 2 aromatic rings. The van der Waals surface area contributed by atoms with Crippen LogP contribution >= 0.6 is 11.3 Å². The number of nitrogens with one attached hydrogen (secondary N) is 1. The Morgan fingerprint density at radius 1 is 1.25 bits per heavy atom. The first-order valence-corrected chi connectivity index (χ1v) is 8.16. The molecule has 0 radical (unpaired) electrons. The van der Waals surface area contributed by atoms with Crippen molar-refractivity contribution in [1.29, 1.82) is 0 Å². The van der Waals surface area contributed by atoms with Crippen molar-refractivity contribution in [3.8, 4) is 0 Å². The molecule has 2 heterocycles. The van der Waals surface area contributed by atoms with Crippen LogP contribution in [-0.4, -0.2) is 15.8 Å². The van der Waals surface area contributed by atoms with E-state index in [1.54, 1.807) is 0 Å². The van der Waals surface area contributed by atoms with Crippen LogP contribution in [0, 0.1) is 13.8 Å². The van der Waals surface area contributed by atoms with E-state index < -0.39 is 0 Å². The first kappa shape index (κ1) is 15.3. The molecule has 20 heavy (non-hydrogen) atoms. The first-order chi connectivity index (χ1) is 9.51. The summed E-state index contributed by atoms with van der Waals surface area (Å²) in [5.41, 5.74) is 3.76. The SMILES string of the molecule is CCc1ccc(Cn2nc(C)c(CNC(C)C)c2C)s1. The van der Waals surface area contributed by atoms with Gasteiger partial charge in [-0.2, -0.15) is 5.10 Å². The minimum Gasteiger partial charge on any atom is -0.310 e. The van der Waals surface area contributed by atoms with Crippen molar-refractivity contribution in [1.82, 2.24) is 15.1 Å². The summed E-state index contributed by atoms with van der Waals surface area (Å²) in [5, 5.41) is 8.18. The zero-order valence-electron chi connectivity index (χ0n) is 13.2. The molecule has 0 saturated carbocycles. The number of rotatable bonds is 6. The van der Waals surface area contributed by atoms with Gasteiger partial charge in [0.2, 0.25) is 0 Å². The second-order valence-corrected chi connectivity index (χ2v) is 6.82. The summed E-state index contributed by atoms with van der Waals surface area (Å²) in [4.78, 5) is 2.83. The van der Waals surface area contributed by atoms with Crippen LogP contribution in [-0.2, 0) is 19.5 Å². The van der Waals surface area contributed by atoms with Gasteiger partial charge in [-0.25, -0.2) is 0 Å². The van der Waals surface area contributed by atoms with E-state index in [2.05, 4.69) is 56.8 Å². The third kappa shape index (κ3) is 3.49. The topological polar surface area (TPSA) is 29.9 Å². The van der Waals surface area contributed by atoms with Gasteiger partial charge in [0.1, 0.15) is 0 Å². The molecule has 4 heteroatoms. The Hall–Kier alpha value is -1.13. The lowest BCUT2D eigenvalue weighted by molar-refractivity contribution is 0.584. The number of hydrogen-bond acceptors (Lipinski definition) is 3. The number of hydrogen-bond donors (Lipinski definition) is 1. The summed E-state index contributed by atoms with van der Waals surface area (Å²) in [5.74, 6) is 0. The molecule has 0 amide bonds. The van der Waals surface area contributed by atoms with Gasteiger partial charge >= 0.3 is 0 Å². The quantitative estimate of drug-likeness (QED) is 0.880. The van der Waals surface area contributed by atoms with Gasteiger partial charge in [-0.1, -0.05) is 20.8 Å². The third-order valence-electron chi connectivity index (χ3n) is 3.59. The molecular weight excluding hydrogens is 266 g/mol. The standard InChI is InChI=1S/C16H25N3S/c1-6-14-7-8-15(20-14)10-19-13(5)16(12(4)18-19)9-17-11(2)3/h7-8,11,17H,6,9-10H2,1-5H3. The molecule has 3 nitrogen and oxygen atoms in total. The maximum atomic E-state index is 4.70. The molecule has 2 rings (SSSR count). The lowest BCUT2D eigenvalue weighted by atomic mass is 10.2. The van der Waals surface area contributed by atoms with Gasteiger partial charge in [0.05, 0.1) is 12.2 Å². The van der Waals surface area contributed by atoms with Crippen LogP contribution in [0.15, 0.2) is 12.1 Å². The lowest BCUT2D eigenvalue weighted by Crippen LogP contribution is -2.22. The molecule has 0 unspecified atom stereocenters. The molecule has 0 aromatic carbocycles. The molecule has 0 saturated heterocycles. The van der Waals surface area contributed by atoms with E-state index in [1.807, 2.05) is 11.3 Å². The molecule has 1 N–H and O–H groups in total. The molecule has 0 fully saturated rings. The van der Waals surface area contributed by atoms with Crippen LogP contribution in [0.5, 0.6) is 0 Å². The maximum absolute atomic E-state index is 4.70. The summed E-state index contributed by atoms with van der Waals surface area (Å²) in [6, 6.07) is 4.96. The molecule has 0 aliphatic carbocycles. The number of nitrogens with zero attached hydrogens (tertiary/aromatic N) is 2. The summed E-state index contributed by atoms with van der Waals surface area (Å²) in [6.45, 7) is 12.6. The van der Waals surface area contributed by atoms with Crippen molar-refractivity contribution in [2.45, 2.75) is 60.2 Å². The summed E-state index contributed by atoms with van der Waals surface area (Å²) < 4.78 is 2.14. The maximum Gasteiger partial charge on any atom is 0.0755 e. The normalized spacial score (nSPS) is 11.5. The van der Waals surface area contributed by atoms with E-state index in [1.165, 1.54) is 21.0 Å². The average molecular weight is 291 g/mol. The lowest BCUT2D eigenvalue weighted by Gasteiger charge is -2.08. The van der Waals surface area contributed by atoms with Gasteiger partial charge in [-0.15, -0.1) is 11.3 Å². The van der Waals surface area contributed by atoms with Gasteiger partial charge in [0, 0.05) is 33.6 Å². The Morgan fingerprint density at radius 2 is 1.95 bits per heavy atom. The fourth-order valence-electron chi connectivity index (χ4n) is 2.29. The van der Waals surface area contributed by atoms with Gasteiger partial charge < -0.3 is 5.32 Å². The highest BCUT2D eigenvalue weighted by molar-refractivity contribution is 7.11. The molecule has 0 atom stereocenters. The molecule has 0 aliphatic rings. The van der Waals surface area contributed by atoms with E-state index in [9.17, 15) is 0 Å². The largest absolute Gasteiger partial charge is 0.310 e. The fourth-order valence-corrected chi connectivity index (χ4v) is 3.24. The molecule has 2 aromatic heterocycles. The third-order valence-corrected chi connectivity index (χ3v) is 4.80. The van der Waals surface area contributed by atoms with Gasteiger partial charge in [0.15, 0.2) is 0 Å². The number of thiophene rings is 1. The van der Waals surface area contributed by atoms with E-state index in [0.717, 1.165) is 25.2 Å². The Balaban J connectivity index is 2.14. The van der Waals surface area contributed by atoms with Crippen molar-refractivity contribution >= 4 is 11.3 Å². The van der Waals surface area contributed by atoms with E-state index in [-0.39, 0.29) is 0 Å². The Kier molecular flexibility index (Phi) is 5.00. The number of aryl methyl sites for hydroxylation is 2. The van der Waals surface area contributed by atoms with Crippen LogP contribution in [0.25, 0.3) is 0 Å². The highest BCUT2D eigenvalue weighted by atomic mass is 32.1. The van der Waals surface area contributed by atoms with E-state index in [4.69, 9.17) is 5.10 Å². The van der Waals surface area contributed by atoms with Crippen LogP contribution in [0.4, 0.5) is 0 Å². The van der Waals surface area contributed by atoms with Crippen molar-refractivity contribution in [2.75, 3.05) is 0 Å². The Labute approximate surface area is 126 Å². The molecule has 0 aliphatic heterocycles. The summed E-state index contributed by atoms with van der Waals surface area (Å²) in [6.07, 6.45) is 1.12. The highest BCUT2D eigenvalue weighted by Crippen LogP contribution is 2.20. The van der Waals surface area contributed by atoms with Gasteiger partial charge in [0.25, 0.3) is 0 Å². The van der Waals surface area contributed by atoms with Crippen LogP contribution in [0.2, 0.25) is 0 Å². The molecular formula is C16H25N3S. The highest BCUT2D eigenvalue weighted by Gasteiger charge is 2.12. The Bertz CT molecular complexity index is 566. The zero-order valence-corrected chi connectivity index (χ0v) is 14.0. The van der Waals surface area contributed by atoms with Crippen molar-refractivity contribution in [3.05, 3.63) is 38.8 Å². The zero-order chi connectivity index (χ0) is 14.7. The number of aromatic nitrogens is 2. The van der Waals surface area contributed by atoms with Gasteiger partial charge in [-0.05, 0) is 32.4 Å². The molecule has 110 valence electrons. The summed E-state index contributed by atoms with van der Waals surface area (Å²) in [7, 11) is 0. The van der Waals surface area contributed by atoms with Crippen LogP contribution < -0.4 is 5.32 Å². The predicted molar refractivity (Wildman–Crippen MR) is 86.5 cm³/mol. The fraction of sp³-hybridized carbons (Fsp3) is 0.562. The van der Waals surface area contributed by atoms with Crippen molar-refractivity contribution in [2.24, 2.45) is 0 Å². The predicted octanol–water partition coefficient (Wildman–Crippen LogP) is 3.67. The monoisotopic (exact) mass is 291 g/mol. The van der Waals surface area contributed by atoms with Crippen LogP contribution in [0.3, 0.4) is 0 Å². The van der Waals surface area contributed by atoms with E-state index >= 15 is 0 Å². The minimum absolute atomic E-state index is 0.501. The smallest absolute Gasteiger partial charge is 0.0755 e. The second-order valence-electron chi connectivity index (χ2n) is 5.56. The van der Waals surface area contributed by atoms with E-state index in [0.29, 0.717) is 6.04 Å². The van der Waals surface area contributed by atoms with Crippen molar-refractivity contribution < 1.29 is 0 Å². The minimum atomic E-state index is 0.501. The molecule has 0 bridgehead atoms. The first-order valence-electron chi connectivity index (χ1n) is 7.35. The van der Waals surface area contributed by atoms with Gasteiger partial charge in [-0.3, -0.25) is 4.68 Å². The van der Waals surface area contributed by atoms with Crippen molar-refractivity contribution in [3.63, 3.8) is 0 Å². The Morgan fingerprint density at radius 3 is 2.55 bits per heavy atom. The average Bonchev–Trinajstić information content (AvgIpc) is 2.94. The molecule has 0 spiro atoms.